The molecular weight excluding hydrogens is 597 g/mol. The van der Waals surface area contributed by atoms with Gasteiger partial charge < -0.3 is 19.5 Å². The number of amides is 2. The molecule has 0 saturated heterocycles. The van der Waals surface area contributed by atoms with Crippen LogP contribution in [-0.2, 0) is 16.0 Å². The second-order valence-electron chi connectivity index (χ2n) is 8.06. The maximum Gasteiger partial charge on any atom is 0.262 e. The van der Waals surface area contributed by atoms with E-state index in [0.29, 0.717) is 32.3 Å². The summed E-state index contributed by atoms with van der Waals surface area (Å²) >= 11 is 15.5. The fourth-order valence-electron chi connectivity index (χ4n) is 3.42. The van der Waals surface area contributed by atoms with Crippen LogP contribution in [0.2, 0.25) is 10.0 Å². The minimum absolute atomic E-state index is 0.240. The van der Waals surface area contributed by atoms with Crippen molar-refractivity contribution in [3.63, 3.8) is 0 Å². The van der Waals surface area contributed by atoms with Gasteiger partial charge in [-0.15, -0.1) is 0 Å². The first-order valence-corrected chi connectivity index (χ1v) is 13.0. The molecule has 0 bridgehead atoms. The Kier molecular flexibility index (Phi) is 10.8. The van der Waals surface area contributed by atoms with Crippen molar-refractivity contribution in [2.75, 3.05) is 14.2 Å². The molecule has 2 N–H and O–H groups in total. The van der Waals surface area contributed by atoms with Gasteiger partial charge in [0, 0.05) is 11.4 Å². The number of carbonyl (C=O) groups excluding carboxylic acids is 2. The third-order valence-corrected chi connectivity index (χ3v) is 6.45. The summed E-state index contributed by atoms with van der Waals surface area (Å²) in [6.07, 6.45) is 0.761. The Morgan fingerprint density at radius 1 is 1.00 bits per heavy atom. The summed E-state index contributed by atoms with van der Waals surface area (Å²) in [6.45, 7) is 1.56. The van der Waals surface area contributed by atoms with E-state index < -0.39 is 24.0 Å². The first-order chi connectivity index (χ1) is 18.2. The number of ether oxygens (including phenoxy) is 3. The van der Waals surface area contributed by atoms with Crippen LogP contribution >= 0.6 is 39.1 Å². The van der Waals surface area contributed by atoms with Crippen LogP contribution < -0.4 is 25.0 Å². The molecule has 0 fully saturated rings. The molecule has 0 aliphatic heterocycles. The van der Waals surface area contributed by atoms with Crippen LogP contribution in [0.25, 0.3) is 0 Å². The topological polar surface area (TPSA) is 98.2 Å². The normalized spacial score (nSPS) is 12.5. The Bertz CT molecular complexity index is 1310. The number of benzene rings is 3. The zero-order valence-corrected chi connectivity index (χ0v) is 23.9. The predicted octanol–water partition coefficient (Wildman–Crippen LogP) is 5.42. The van der Waals surface area contributed by atoms with Crippen LogP contribution in [0.5, 0.6) is 17.2 Å². The summed E-state index contributed by atoms with van der Waals surface area (Å²) in [5.41, 5.74) is 4.01. The van der Waals surface area contributed by atoms with E-state index in [9.17, 15) is 9.59 Å². The summed E-state index contributed by atoms with van der Waals surface area (Å²) in [5, 5.41) is 7.52. The second-order valence-corrected chi connectivity index (χ2v) is 9.76. The first kappa shape index (κ1) is 29.3. The summed E-state index contributed by atoms with van der Waals surface area (Å²) in [6, 6.07) is 16.6. The average Bonchev–Trinajstić information content (AvgIpc) is 2.89. The molecule has 2 amide bonds. The van der Waals surface area contributed by atoms with Crippen molar-refractivity contribution in [3.8, 4) is 17.2 Å². The van der Waals surface area contributed by atoms with Crippen LogP contribution in [0.1, 0.15) is 18.1 Å². The fraction of sp³-hybridized carbons (Fsp3) is 0.222. The van der Waals surface area contributed by atoms with Gasteiger partial charge in [-0.1, -0.05) is 53.5 Å². The van der Waals surface area contributed by atoms with E-state index in [1.807, 2.05) is 30.3 Å². The minimum Gasteiger partial charge on any atom is -0.493 e. The van der Waals surface area contributed by atoms with Crippen LogP contribution in [0.4, 0.5) is 0 Å². The molecule has 0 spiro atoms. The third-order valence-electron chi connectivity index (χ3n) is 5.33. The highest BCUT2D eigenvalue weighted by molar-refractivity contribution is 9.10. The molecule has 3 aromatic carbocycles. The Hall–Kier alpha value is -3.27. The zero-order valence-electron chi connectivity index (χ0n) is 20.8. The Balaban J connectivity index is 1.72. The number of hydrogen-bond acceptors (Lipinski definition) is 6. The largest absolute Gasteiger partial charge is 0.493 e. The quantitative estimate of drug-likeness (QED) is 0.220. The van der Waals surface area contributed by atoms with E-state index in [2.05, 4.69) is 31.8 Å². The zero-order chi connectivity index (χ0) is 27.7. The number of halogens is 3. The number of nitrogens with one attached hydrogen (secondary N) is 2. The first-order valence-electron chi connectivity index (χ1n) is 11.4. The van der Waals surface area contributed by atoms with E-state index in [1.54, 1.807) is 31.2 Å². The van der Waals surface area contributed by atoms with Gasteiger partial charge in [0.1, 0.15) is 11.8 Å². The Morgan fingerprint density at radius 2 is 1.74 bits per heavy atom. The number of methoxy groups -OCH3 is 2. The van der Waals surface area contributed by atoms with E-state index in [1.165, 1.54) is 26.5 Å². The number of carbonyl (C=O) groups is 2. The molecule has 0 aromatic heterocycles. The second kappa shape index (κ2) is 14.0. The van der Waals surface area contributed by atoms with Gasteiger partial charge in [0.2, 0.25) is 0 Å². The van der Waals surface area contributed by atoms with E-state index >= 15 is 0 Å². The lowest BCUT2D eigenvalue weighted by atomic mass is 10.1. The van der Waals surface area contributed by atoms with E-state index in [-0.39, 0.29) is 11.4 Å². The van der Waals surface area contributed by atoms with Gasteiger partial charge in [-0.05, 0) is 64.3 Å². The number of rotatable bonds is 11. The molecule has 11 heteroatoms. The molecule has 0 unspecified atom stereocenters. The molecule has 0 aliphatic carbocycles. The van der Waals surface area contributed by atoms with Gasteiger partial charge in [-0.2, -0.15) is 5.10 Å². The lowest BCUT2D eigenvalue weighted by Gasteiger charge is -2.21. The molecule has 0 radical (unpaired) electrons. The number of nitrogens with zero attached hydrogens (tertiary/aromatic N) is 1. The summed E-state index contributed by atoms with van der Waals surface area (Å²) in [5.74, 6) is 0.331. The standard InChI is InChI=1S/C27H26BrCl2N3O5/c1-16(38-23-10-9-19(29)14-21(23)30)26(34)32-22(12-17-7-5-4-6-8-17)27(35)33-31-15-18-11-20(28)25(37-3)24(13-18)36-2/h4-11,13-16,22H,12H2,1-3H3,(H,32,34)(H,33,35)/b31-15-/t16-,22-/m1/s1. The van der Waals surface area contributed by atoms with Gasteiger partial charge in [0.15, 0.2) is 17.6 Å². The third kappa shape index (κ3) is 8.11. The maximum absolute atomic E-state index is 13.1. The Labute approximate surface area is 239 Å². The van der Waals surface area contributed by atoms with Gasteiger partial charge in [0.05, 0.1) is 29.9 Å². The van der Waals surface area contributed by atoms with E-state index in [0.717, 1.165) is 5.56 Å². The molecule has 0 heterocycles. The fourth-order valence-corrected chi connectivity index (χ4v) is 4.50. The molecule has 8 nitrogen and oxygen atoms in total. The highest BCUT2D eigenvalue weighted by Gasteiger charge is 2.25. The van der Waals surface area contributed by atoms with Crippen molar-refractivity contribution in [1.82, 2.24) is 10.7 Å². The minimum atomic E-state index is -0.938. The molecule has 200 valence electrons. The molecule has 38 heavy (non-hydrogen) atoms. The predicted molar refractivity (Wildman–Crippen MR) is 152 cm³/mol. The number of hydrogen-bond donors (Lipinski definition) is 2. The van der Waals surface area contributed by atoms with Crippen LogP contribution in [0.15, 0.2) is 70.2 Å². The lowest BCUT2D eigenvalue weighted by molar-refractivity contribution is -0.132. The van der Waals surface area contributed by atoms with Gasteiger partial charge >= 0.3 is 0 Å². The van der Waals surface area contributed by atoms with Crippen molar-refractivity contribution in [1.29, 1.82) is 0 Å². The average molecular weight is 623 g/mol. The van der Waals surface area contributed by atoms with Crippen molar-refractivity contribution >= 4 is 57.2 Å². The highest BCUT2D eigenvalue weighted by Crippen LogP contribution is 2.35. The molecule has 0 saturated carbocycles. The molecule has 3 rings (SSSR count). The van der Waals surface area contributed by atoms with Gasteiger partial charge in [-0.25, -0.2) is 5.43 Å². The van der Waals surface area contributed by atoms with Crippen molar-refractivity contribution in [2.24, 2.45) is 5.10 Å². The molecule has 0 aliphatic rings. The lowest BCUT2D eigenvalue weighted by Crippen LogP contribution is -2.50. The highest BCUT2D eigenvalue weighted by atomic mass is 79.9. The van der Waals surface area contributed by atoms with Crippen molar-refractivity contribution in [2.45, 2.75) is 25.5 Å². The smallest absolute Gasteiger partial charge is 0.262 e. The molecular formula is C27H26BrCl2N3O5. The monoisotopic (exact) mass is 621 g/mol. The van der Waals surface area contributed by atoms with Crippen molar-refractivity contribution in [3.05, 3.63) is 86.3 Å². The molecule has 2 atom stereocenters. The van der Waals surface area contributed by atoms with E-state index in [4.69, 9.17) is 37.4 Å². The summed E-state index contributed by atoms with van der Waals surface area (Å²) in [4.78, 5) is 26.0. The maximum atomic E-state index is 13.1. The number of hydrazone groups is 1. The van der Waals surface area contributed by atoms with Crippen LogP contribution in [0.3, 0.4) is 0 Å². The van der Waals surface area contributed by atoms with Gasteiger partial charge in [-0.3, -0.25) is 9.59 Å². The van der Waals surface area contributed by atoms with Crippen LogP contribution in [0, 0.1) is 0 Å². The SMILES string of the molecule is COc1cc(/C=N\NC(=O)[C@@H](Cc2ccccc2)NC(=O)[C@@H](C)Oc2ccc(Cl)cc2Cl)cc(Br)c1OC. The van der Waals surface area contributed by atoms with Crippen LogP contribution in [-0.4, -0.2) is 44.4 Å². The Morgan fingerprint density at radius 3 is 2.39 bits per heavy atom. The summed E-state index contributed by atoms with van der Waals surface area (Å²) < 4.78 is 17.0. The van der Waals surface area contributed by atoms with Gasteiger partial charge in [0.25, 0.3) is 11.8 Å². The molecule has 3 aromatic rings. The van der Waals surface area contributed by atoms with Crippen molar-refractivity contribution < 1.29 is 23.8 Å². The summed E-state index contributed by atoms with van der Waals surface area (Å²) in [7, 11) is 3.06.